The van der Waals surface area contributed by atoms with E-state index in [4.69, 9.17) is 0 Å². The van der Waals surface area contributed by atoms with E-state index in [1.165, 1.54) is 22.0 Å². The summed E-state index contributed by atoms with van der Waals surface area (Å²) < 4.78 is 6.11. The zero-order valence-corrected chi connectivity index (χ0v) is 14.1. The third-order valence-electron chi connectivity index (χ3n) is 2.44. The van der Waals surface area contributed by atoms with Crippen molar-refractivity contribution in [2.45, 2.75) is 29.6 Å². The molecule has 1 heterocycles. The Morgan fingerprint density at radius 3 is 2.89 bits per heavy atom. The van der Waals surface area contributed by atoms with Crippen LogP contribution >= 0.6 is 39.2 Å². The predicted molar refractivity (Wildman–Crippen MR) is 84.7 cm³/mol. The number of rotatable bonds is 6. The molecular weight excluding hydrogens is 342 g/mol. The Labute approximate surface area is 130 Å². The zero-order chi connectivity index (χ0) is 13.7. The first kappa shape index (κ1) is 15.0. The lowest BCUT2D eigenvalue weighted by Crippen LogP contribution is -2.19. The molecule has 0 amide bonds. The average Bonchev–Trinajstić information content (AvgIpc) is 2.84. The second-order valence-electron chi connectivity index (χ2n) is 4.59. The van der Waals surface area contributed by atoms with E-state index in [9.17, 15) is 0 Å². The monoisotopic (exact) mass is 357 g/mol. The maximum atomic E-state index is 4.18. The fraction of sp³-hybridized carbons (Fsp3) is 0.385. The molecular formula is C13H16BrN3S2. The summed E-state index contributed by atoms with van der Waals surface area (Å²) in [7, 11) is 0. The normalized spacial score (nSPS) is 11.2. The molecule has 2 rings (SSSR count). The van der Waals surface area contributed by atoms with Crippen molar-refractivity contribution in [3.8, 4) is 0 Å². The van der Waals surface area contributed by atoms with Gasteiger partial charge in [-0.1, -0.05) is 47.6 Å². The molecule has 0 spiro atoms. The van der Waals surface area contributed by atoms with Gasteiger partial charge in [-0.3, -0.25) is 0 Å². The molecule has 0 saturated heterocycles. The van der Waals surface area contributed by atoms with Crippen LogP contribution in [0.1, 0.15) is 19.4 Å². The zero-order valence-electron chi connectivity index (χ0n) is 10.9. The molecule has 102 valence electrons. The van der Waals surface area contributed by atoms with Gasteiger partial charge in [0.1, 0.15) is 6.33 Å². The van der Waals surface area contributed by atoms with Crippen LogP contribution in [0.3, 0.4) is 0 Å². The summed E-state index contributed by atoms with van der Waals surface area (Å²) in [6, 6.07) is 6.42. The summed E-state index contributed by atoms with van der Waals surface area (Å²) in [4.78, 5) is 5.35. The van der Waals surface area contributed by atoms with Crippen LogP contribution in [-0.4, -0.2) is 15.9 Å². The van der Waals surface area contributed by atoms with Crippen LogP contribution in [0, 0.1) is 5.92 Å². The topological polar surface area (TPSA) is 37.8 Å². The predicted octanol–water partition coefficient (Wildman–Crippen LogP) is 4.20. The van der Waals surface area contributed by atoms with Crippen LogP contribution in [0.5, 0.6) is 0 Å². The Hall–Kier alpha value is -0.430. The van der Waals surface area contributed by atoms with E-state index in [1.54, 1.807) is 18.1 Å². The van der Waals surface area contributed by atoms with Crippen molar-refractivity contribution in [2.24, 2.45) is 5.92 Å². The first-order valence-corrected chi connectivity index (χ1v) is 8.47. The van der Waals surface area contributed by atoms with E-state index >= 15 is 0 Å². The Morgan fingerprint density at radius 2 is 2.26 bits per heavy atom. The van der Waals surface area contributed by atoms with Gasteiger partial charge in [0.25, 0.3) is 0 Å². The standard InChI is InChI=1S/C13H16BrN3S2/c1-9(2)6-15-7-10-3-4-11(5-12(10)14)18-13-16-8-17-19-13/h3-5,8-9,15H,6-7H2,1-2H3. The third kappa shape index (κ3) is 4.87. The highest BCUT2D eigenvalue weighted by atomic mass is 79.9. The summed E-state index contributed by atoms with van der Waals surface area (Å²) >= 11 is 6.69. The molecule has 0 bridgehead atoms. The van der Waals surface area contributed by atoms with Crippen molar-refractivity contribution in [2.75, 3.05) is 6.54 Å². The second-order valence-corrected chi connectivity index (χ2v) is 7.54. The fourth-order valence-corrected chi connectivity index (χ4v) is 3.67. The van der Waals surface area contributed by atoms with E-state index in [2.05, 4.69) is 62.7 Å². The number of nitrogens with zero attached hydrogens (tertiary/aromatic N) is 2. The summed E-state index contributed by atoms with van der Waals surface area (Å²) in [5.74, 6) is 0.672. The molecule has 0 radical (unpaired) electrons. The van der Waals surface area contributed by atoms with E-state index < -0.39 is 0 Å². The first-order valence-electron chi connectivity index (χ1n) is 6.09. The molecule has 3 nitrogen and oxygen atoms in total. The molecule has 0 aliphatic heterocycles. The molecule has 0 unspecified atom stereocenters. The minimum absolute atomic E-state index is 0.672. The highest BCUT2D eigenvalue weighted by molar-refractivity contribution is 9.10. The van der Waals surface area contributed by atoms with Crippen LogP contribution in [0.15, 0.2) is 38.2 Å². The van der Waals surface area contributed by atoms with Gasteiger partial charge in [0, 0.05) is 15.9 Å². The summed E-state index contributed by atoms with van der Waals surface area (Å²) in [6.07, 6.45) is 1.59. The van der Waals surface area contributed by atoms with E-state index in [0.29, 0.717) is 5.92 Å². The van der Waals surface area contributed by atoms with Crippen molar-refractivity contribution in [3.05, 3.63) is 34.6 Å². The van der Waals surface area contributed by atoms with Crippen molar-refractivity contribution in [1.82, 2.24) is 14.7 Å². The first-order chi connectivity index (χ1) is 9.15. The van der Waals surface area contributed by atoms with Gasteiger partial charge in [0.15, 0.2) is 4.34 Å². The smallest absolute Gasteiger partial charge is 0.174 e. The Bertz CT molecular complexity index is 515. The quantitative estimate of drug-likeness (QED) is 0.840. The van der Waals surface area contributed by atoms with Crippen LogP contribution in [-0.2, 0) is 6.54 Å². The van der Waals surface area contributed by atoms with E-state index in [1.807, 2.05) is 0 Å². The molecule has 0 atom stereocenters. The third-order valence-corrected chi connectivity index (χ3v) is 4.88. The number of benzene rings is 1. The maximum absolute atomic E-state index is 4.18. The highest BCUT2D eigenvalue weighted by Crippen LogP contribution is 2.31. The summed E-state index contributed by atoms with van der Waals surface area (Å²) in [5.41, 5.74) is 1.28. The number of nitrogens with one attached hydrogen (secondary N) is 1. The van der Waals surface area contributed by atoms with Crippen LogP contribution < -0.4 is 5.32 Å². The van der Waals surface area contributed by atoms with E-state index in [0.717, 1.165) is 21.9 Å². The summed E-state index contributed by atoms with van der Waals surface area (Å²) in [6.45, 7) is 6.35. The Morgan fingerprint density at radius 1 is 1.42 bits per heavy atom. The van der Waals surface area contributed by atoms with Crippen molar-refractivity contribution >= 4 is 39.2 Å². The average molecular weight is 358 g/mol. The molecule has 1 aromatic carbocycles. The lowest BCUT2D eigenvalue weighted by atomic mass is 10.2. The van der Waals surface area contributed by atoms with Crippen molar-refractivity contribution in [1.29, 1.82) is 0 Å². The molecule has 19 heavy (non-hydrogen) atoms. The van der Waals surface area contributed by atoms with Gasteiger partial charge in [-0.2, -0.15) is 4.37 Å². The van der Waals surface area contributed by atoms with Crippen molar-refractivity contribution < 1.29 is 0 Å². The minimum Gasteiger partial charge on any atom is -0.312 e. The molecule has 0 saturated carbocycles. The SMILES string of the molecule is CC(C)CNCc1ccc(Sc2ncns2)cc1Br. The molecule has 1 aromatic heterocycles. The van der Waals surface area contributed by atoms with Gasteiger partial charge in [0.2, 0.25) is 0 Å². The molecule has 0 fully saturated rings. The minimum atomic E-state index is 0.672. The molecule has 1 N–H and O–H groups in total. The van der Waals surface area contributed by atoms with Crippen LogP contribution in [0.2, 0.25) is 0 Å². The molecule has 0 aliphatic carbocycles. The van der Waals surface area contributed by atoms with Gasteiger partial charge in [0.05, 0.1) is 0 Å². The second kappa shape index (κ2) is 7.38. The fourth-order valence-electron chi connectivity index (χ4n) is 1.54. The molecule has 0 aliphatic rings. The number of hydrogen-bond donors (Lipinski definition) is 1. The van der Waals surface area contributed by atoms with E-state index in [-0.39, 0.29) is 0 Å². The number of halogens is 1. The number of hydrogen-bond acceptors (Lipinski definition) is 5. The molecule has 2 aromatic rings. The van der Waals surface area contributed by atoms with Gasteiger partial charge >= 0.3 is 0 Å². The largest absolute Gasteiger partial charge is 0.312 e. The highest BCUT2D eigenvalue weighted by Gasteiger charge is 2.05. The van der Waals surface area contributed by atoms with Crippen molar-refractivity contribution in [3.63, 3.8) is 0 Å². The van der Waals surface area contributed by atoms with Gasteiger partial charge in [-0.05, 0) is 41.7 Å². The number of aromatic nitrogens is 2. The lowest BCUT2D eigenvalue weighted by molar-refractivity contribution is 0.551. The summed E-state index contributed by atoms with van der Waals surface area (Å²) in [5, 5.41) is 3.45. The maximum Gasteiger partial charge on any atom is 0.174 e. The van der Waals surface area contributed by atoms with Crippen LogP contribution in [0.4, 0.5) is 0 Å². The Balaban J connectivity index is 1.96. The molecule has 6 heteroatoms. The lowest BCUT2D eigenvalue weighted by Gasteiger charge is -2.09. The van der Waals surface area contributed by atoms with Gasteiger partial charge < -0.3 is 5.32 Å². The Kier molecular flexibility index (Phi) is 5.81. The van der Waals surface area contributed by atoms with Crippen LogP contribution in [0.25, 0.3) is 0 Å². The van der Waals surface area contributed by atoms with Gasteiger partial charge in [-0.15, -0.1) is 0 Å². The van der Waals surface area contributed by atoms with Gasteiger partial charge in [-0.25, -0.2) is 4.98 Å².